The Balaban J connectivity index is 1.30. The first-order chi connectivity index (χ1) is 15.2. The summed E-state index contributed by atoms with van der Waals surface area (Å²) < 4.78 is 0. The lowest BCUT2D eigenvalue weighted by Crippen LogP contribution is -2.49. The smallest absolute Gasteiger partial charge is 0.352 e. The lowest BCUT2D eigenvalue weighted by Gasteiger charge is -2.32. The van der Waals surface area contributed by atoms with Crippen molar-refractivity contribution in [2.24, 2.45) is 0 Å². The summed E-state index contributed by atoms with van der Waals surface area (Å²) in [6.45, 7) is 3.40. The second-order valence-electron chi connectivity index (χ2n) is 8.32. The van der Waals surface area contributed by atoms with E-state index in [4.69, 9.17) is 9.78 Å². The monoisotopic (exact) mass is 422 g/mol. The lowest BCUT2D eigenvalue weighted by atomic mass is 9.98. The highest BCUT2D eigenvalue weighted by atomic mass is 17.2. The Labute approximate surface area is 183 Å². The molecule has 164 valence electrons. The Morgan fingerprint density at radius 1 is 1.06 bits per heavy atom. The summed E-state index contributed by atoms with van der Waals surface area (Å²) in [7, 11) is 0. The van der Waals surface area contributed by atoms with Crippen LogP contribution in [0.5, 0.6) is 0 Å². The molecule has 1 saturated heterocycles. The summed E-state index contributed by atoms with van der Waals surface area (Å²) in [6.07, 6.45) is 3.61. The predicted molar refractivity (Wildman–Crippen MR) is 118 cm³/mol. The quantitative estimate of drug-likeness (QED) is 0.521. The van der Waals surface area contributed by atoms with Crippen LogP contribution >= 0.6 is 0 Å². The highest BCUT2D eigenvalue weighted by Crippen LogP contribution is 2.44. The van der Waals surface area contributed by atoms with E-state index in [2.05, 4.69) is 36.5 Å². The zero-order valence-electron chi connectivity index (χ0n) is 18.0. The number of nitrogens with one attached hydrogen (secondary N) is 1. The van der Waals surface area contributed by atoms with Gasteiger partial charge in [-0.15, -0.1) is 0 Å². The fourth-order valence-electron chi connectivity index (χ4n) is 4.54. The number of amides is 2. The average molecular weight is 423 g/mol. The van der Waals surface area contributed by atoms with E-state index in [0.29, 0.717) is 19.5 Å². The minimum atomic E-state index is -0.493. The predicted octanol–water partition coefficient (Wildman–Crippen LogP) is 4.64. The van der Waals surface area contributed by atoms with Gasteiger partial charge < -0.3 is 10.2 Å². The first-order valence-electron chi connectivity index (χ1n) is 11.2. The normalized spacial score (nSPS) is 17.7. The van der Waals surface area contributed by atoms with E-state index in [1.165, 1.54) is 22.3 Å². The van der Waals surface area contributed by atoms with Crippen LogP contribution in [0.1, 0.15) is 56.1 Å². The Morgan fingerprint density at radius 3 is 2.42 bits per heavy atom. The van der Waals surface area contributed by atoms with E-state index in [-0.39, 0.29) is 24.5 Å². The molecule has 2 aromatic rings. The first-order valence-corrected chi connectivity index (χ1v) is 11.2. The molecule has 1 aliphatic carbocycles. The second-order valence-corrected chi connectivity index (χ2v) is 8.32. The fourth-order valence-corrected chi connectivity index (χ4v) is 4.54. The number of nitrogens with zero attached hydrogens (tertiary/aromatic N) is 1. The van der Waals surface area contributed by atoms with Crippen LogP contribution in [0.25, 0.3) is 11.1 Å². The number of fused-ring (bicyclic) bond motifs is 3. The zero-order chi connectivity index (χ0) is 21.6. The number of piperidine rings is 1. The summed E-state index contributed by atoms with van der Waals surface area (Å²) in [6, 6.07) is 16.5. The molecule has 0 radical (unpaired) electrons. The van der Waals surface area contributed by atoms with Crippen LogP contribution in [0.4, 0.5) is 4.79 Å². The molecule has 4 rings (SSSR count). The number of unbranched alkanes of at least 4 members (excludes halogenated alkanes) is 1. The van der Waals surface area contributed by atoms with E-state index in [9.17, 15) is 9.59 Å². The van der Waals surface area contributed by atoms with Crippen molar-refractivity contribution in [1.29, 1.82) is 0 Å². The van der Waals surface area contributed by atoms with Crippen LogP contribution in [0.2, 0.25) is 0 Å². The van der Waals surface area contributed by atoms with Gasteiger partial charge in [-0.1, -0.05) is 61.9 Å². The third kappa shape index (κ3) is 4.90. The largest absolute Gasteiger partial charge is 0.441 e. The third-order valence-corrected chi connectivity index (χ3v) is 6.13. The molecule has 6 heteroatoms. The van der Waals surface area contributed by atoms with Crippen molar-refractivity contribution >= 4 is 12.0 Å². The number of carbonyl (C=O) groups is 2. The van der Waals surface area contributed by atoms with Gasteiger partial charge in [-0.05, 0) is 41.5 Å². The maximum Gasteiger partial charge on any atom is 0.441 e. The molecule has 1 N–H and O–H groups in total. The topological polar surface area (TPSA) is 67.9 Å². The molecule has 0 saturated carbocycles. The van der Waals surface area contributed by atoms with Crippen molar-refractivity contribution in [2.45, 2.75) is 51.0 Å². The molecule has 0 spiro atoms. The Kier molecular flexibility index (Phi) is 6.87. The maximum atomic E-state index is 12.5. The second kappa shape index (κ2) is 9.96. The Bertz CT molecular complexity index is 884. The molecule has 0 aromatic heterocycles. The maximum absolute atomic E-state index is 12.5. The van der Waals surface area contributed by atoms with E-state index >= 15 is 0 Å². The number of hydrogen-bond acceptors (Lipinski definition) is 4. The van der Waals surface area contributed by atoms with Gasteiger partial charge in [-0.25, -0.2) is 4.79 Å². The minimum absolute atomic E-state index is 0.0285. The zero-order valence-corrected chi connectivity index (χ0v) is 18.0. The van der Waals surface area contributed by atoms with E-state index in [0.717, 1.165) is 25.7 Å². The van der Waals surface area contributed by atoms with Gasteiger partial charge in [0, 0.05) is 31.5 Å². The number of carbonyl (C=O) groups excluding carboxylic acids is 2. The molecule has 1 fully saturated rings. The lowest BCUT2D eigenvalue weighted by molar-refractivity contribution is -0.247. The Hall–Kier alpha value is -2.86. The van der Waals surface area contributed by atoms with E-state index in [1.54, 1.807) is 4.90 Å². The molecule has 1 unspecified atom stereocenters. The van der Waals surface area contributed by atoms with Crippen molar-refractivity contribution in [2.75, 3.05) is 19.7 Å². The van der Waals surface area contributed by atoms with Gasteiger partial charge in [0.2, 0.25) is 5.91 Å². The van der Waals surface area contributed by atoms with Crippen molar-refractivity contribution in [1.82, 2.24) is 10.2 Å². The average Bonchev–Trinajstić information content (AvgIpc) is 3.12. The van der Waals surface area contributed by atoms with Crippen LogP contribution in [-0.4, -0.2) is 42.6 Å². The molecule has 2 aliphatic rings. The molecular weight excluding hydrogens is 392 g/mol. The summed E-state index contributed by atoms with van der Waals surface area (Å²) in [4.78, 5) is 36.7. The SMILES string of the molecule is CCCCC(=O)NC1CCCN(C(=O)OOCC2c3ccccc3-c3ccccc32)C1. The molecule has 0 bridgehead atoms. The fraction of sp³-hybridized carbons (Fsp3) is 0.440. The van der Waals surface area contributed by atoms with Crippen molar-refractivity contribution in [3.05, 3.63) is 59.7 Å². The van der Waals surface area contributed by atoms with Gasteiger partial charge in [0.15, 0.2) is 0 Å². The van der Waals surface area contributed by atoms with Crippen LogP contribution in [-0.2, 0) is 14.6 Å². The van der Waals surface area contributed by atoms with Crippen molar-refractivity contribution < 1.29 is 19.4 Å². The number of benzene rings is 2. The number of hydrogen-bond donors (Lipinski definition) is 1. The van der Waals surface area contributed by atoms with Crippen LogP contribution < -0.4 is 5.32 Å². The summed E-state index contributed by atoms with van der Waals surface area (Å²) in [5.74, 6) is 0.0871. The highest BCUT2D eigenvalue weighted by molar-refractivity contribution is 5.79. The van der Waals surface area contributed by atoms with Gasteiger partial charge in [-0.3, -0.25) is 9.68 Å². The van der Waals surface area contributed by atoms with Gasteiger partial charge in [0.25, 0.3) is 0 Å². The molecule has 1 aliphatic heterocycles. The molecule has 1 atom stereocenters. The molecule has 2 amide bonds. The first kappa shape index (κ1) is 21.4. The van der Waals surface area contributed by atoms with Gasteiger partial charge in [0.1, 0.15) is 6.61 Å². The Morgan fingerprint density at radius 2 is 1.74 bits per heavy atom. The number of likely N-dealkylation sites (tertiary alicyclic amines) is 1. The van der Waals surface area contributed by atoms with Crippen molar-refractivity contribution in [3.8, 4) is 11.1 Å². The van der Waals surface area contributed by atoms with E-state index in [1.807, 2.05) is 24.3 Å². The summed E-state index contributed by atoms with van der Waals surface area (Å²) in [5.41, 5.74) is 4.78. The molecule has 2 aromatic carbocycles. The van der Waals surface area contributed by atoms with Gasteiger partial charge in [0.05, 0.1) is 0 Å². The van der Waals surface area contributed by atoms with Crippen LogP contribution in [0.3, 0.4) is 0 Å². The third-order valence-electron chi connectivity index (χ3n) is 6.13. The molecule has 6 nitrogen and oxygen atoms in total. The van der Waals surface area contributed by atoms with Crippen LogP contribution in [0.15, 0.2) is 48.5 Å². The summed E-state index contributed by atoms with van der Waals surface area (Å²) >= 11 is 0. The standard InChI is InChI=1S/C25H30N2O4/c1-2-3-14-24(28)26-18-9-8-15-27(16-18)25(29)31-30-17-23-21-12-6-4-10-19(21)20-11-5-7-13-22(20)23/h4-7,10-13,18,23H,2-3,8-9,14-17H2,1H3,(H,26,28). The molecule has 31 heavy (non-hydrogen) atoms. The van der Waals surface area contributed by atoms with Gasteiger partial charge >= 0.3 is 6.09 Å². The highest BCUT2D eigenvalue weighted by Gasteiger charge is 2.30. The van der Waals surface area contributed by atoms with Gasteiger partial charge in [-0.2, -0.15) is 4.89 Å². The van der Waals surface area contributed by atoms with Crippen LogP contribution in [0, 0.1) is 0 Å². The van der Waals surface area contributed by atoms with Crippen molar-refractivity contribution in [3.63, 3.8) is 0 Å². The molecular formula is C25H30N2O4. The molecule has 1 heterocycles. The summed E-state index contributed by atoms with van der Waals surface area (Å²) in [5, 5.41) is 3.03. The number of rotatable bonds is 7. The van der Waals surface area contributed by atoms with E-state index < -0.39 is 6.09 Å². The minimum Gasteiger partial charge on any atom is -0.352 e.